The summed E-state index contributed by atoms with van der Waals surface area (Å²) in [6.45, 7) is -0.558. The summed E-state index contributed by atoms with van der Waals surface area (Å²) in [5.41, 5.74) is -0.292. The van der Waals surface area contributed by atoms with Crippen molar-refractivity contribution in [2.24, 2.45) is 0 Å². The summed E-state index contributed by atoms with van der Waals surface area (Å²) < 4.78 is 25.9. The van der Waals surface area contributed by atoms with Gasteiger partial charge in [0.25, 0.3) is 0 Å². The van der Waals surface area contributed by atoms with Crippen LogP contribution in [0.4, 0.5) is 14.5 Å². The average Bonchev–Trinajstić information content (AvgIpc) is 2.16. The Hall–Kier alpha value is -1.20. The number of rotatable bonds is 4. The Kier molecular flexibility index (Phi) is 3.79. The number of aliphatic hydroxyl groups excluding tert-OH is 2. The fourth-order valence-electron chi connectivity index (χ4n) is 0.951. The molecule has 0 aromatic heterocycles. The zero-order chi connectivity index (χ0) is 10.6. The molecule has 0 fully saturated rings. The lowest BCUT2D eigenvalue weighted by atomic mass is 10.2. The Morgan fingerprint density at radius 3 is 2.36 bits per heavy atom. The van der Waals surface area contributed by atoms with Crippen LogP contribution in [-0.2, 0) is 0 Å². The van der Waals surface area contributed by atoms with Gasteiger partial charge in [-0.25, -0.2) is 8.78 Å². The maximum atomic E-state index is 13.0. The molecule has 1 rings (SSSR count). The molecule has 3 nitrogen and oxygen atoms in total. The van der Waals surface area contributed by atoms with Crippen molar-refractivity contribution in [3.8, 4) is 0 Å². The lowest BCUT2D eigenvalue weighted by Gasteiger charge is -2.11. The monoisotopic (exact) mass is 203 g/mol. The van der Waals surface area contributed by atoms with Crippen LogP contribution in [0, 0.1) is 11.6 Å². The smallest absolute Gasteiger partial charge is 0.149 e. The molecule has 0 saturated heterocycles. The molecule has 0 aliphatic carbocycles. The summed E-state index contributed by atoms with van der Waals surface area (Å²) in [6, 6.07) is 3.46. The fraction of sp³-hybridized carbons (Fsp3) is 0.333. The van der Waals surface area contributed by atoms with Crippen molar-refractivity contribution in [2.75, 3.05) is 18.5 Å². The molecular formula is C9H11F2NO2. The number of anilines is 1. The number of hydrogen-bond acceptors (Lipinski definition) is 3. The Balaban J connectivity index is 2.66. The van der Waals surface area contributed by atoms with Gasteiger partial charge in [-0.3, -0.25) is 0 Å². The molecule has 1 aromatic rings. The van der Waals surface area contributed by atoms with E-state index in [-0.39, 0.29) is 12.2 Å². The predicted molar refractivity (Wildman–Crippen MR) is 47.9 cm³/mol. The van der Waals surface area contributed by atoms with E-state index in [9.17, 15) is 8.78 Å². The maximum Gasteiger partial charge on any atom is 0.149 e. The molecule has 14 heavy (non-hydrogen) atoms. The fourth-order valence-corrected chi connectivity index (χ4v) is 0.951. The van der Waals surface area contributed by atoms with E-state index in [4.69, 9.17) is 10.2 Å². The largest absolute Gasteiger partial charge is 0.394 e. The Morgan fingerprint density at radius 1 is 1.29 bits per heavy atom. The van der Waals surface area contributed by atoms with Gasteiger partial charge in [-0.15, -0.1) is 0 Å². The standard InChI is InChI=1S/C9H11F2NO2/c10-7-2-1-3-8(11)9(7)12-4-6(14)5-13/h1-3,6,12-14H,4-5H2. The zero-order valence-corrected chi connectivity index (χ0v) is 7.37. The van der Waals surface area contributed by atoms with Crippen LogP contribution in [0.25, 0.3) is 0 Å². The molecule has 0 spiro atoms. The minimum Gasteiger partial charge on any atom is -0.394 e. The number of aliphatic hydroxyl groups is 2. The summed E-state index contributed by atoms with van der Waals surface area (Å²) in [4.78, 5) is 0. The SMILES string of the molecule is OCC(O)CNc1c(F)cccc1F. The highest BCUT2D eigenvalue weighted by atomic mass is 19.1. The van der Waals surface area contributed by atoms with Crippen molar-refractivity contribution < 1.29 is 19.0 Å². The van der Waals surface area contributed by atoms with Crippen LogP contribution in [0.5, 0.6) is 0 Å². The van der Waals surface area contributed by atoms with Crippen LogP contribution in [0.1, 0.15) is 0 Å². The molecule has 0 aliphatic heterocycles. The van der Waals surface area contributed by atoms with E-state index in [1.807, 2.05) is 0 Å². The highest BCUT2D eigenvalue weighted by Gasteiger charge is 2.09. The van der Waals surface area contributed by atoms with Gasteiger partial charge < -0.3 is 15.5 Å². The molecule has 1 aromatic carbocycles. The molecule has 0 aliphatic rings. The van der Waals surface area contributed by atoms with Crippen LogP contribution in [0.15, 0.2) is 18.2 Å². The van der Waals surface area contributed by atoms with E-state index < -0.39 is 24.3 Å². The summed E-state index contributed by atoms with van der Waals surface area (Å²) in [5, 5.41) is 19.8. The lowest BCUT2D eigenvalue weighted by molar-refractivity contribution is 0.105. The Bertz CT molecular complexity index is 287. The van der Waals surface area contributed by atoms with E-state index in [0.29, 0.717) is 0 Å². The second-order valence-corrected chi connectivity index (χ2v) is 2.81. The third kappa shape index (κ3) is 2.65. The topological polar surface area (TPSA) is 52.5 Å². The van der Waals surface area contributed by atoms with Crippen LogP contribution in [-0.4, -0.2) is 29.5 Å². The highest BCUT2D eigenvalue weighted by molar-refractivity contribution is 5.46. The van der Waals surface area contributed by atoms with E-state index in [2.05, 4.69) is 5.32 Å². The number of halogens is 2. The molecule has 0 bridgehead atoms. The van der Waals surface area contributed by atoms with E-state index in [1.54, 1.807) is 0 Å². The lowest BCUT2D eigenvalue weighted by Crippen LogP contribution is -2.23. The minimum absolute atomic E-state index is 0.103. The summed E-state index contributed by atoms with van der Waals surface area (Å²) in [7, 11) is 0. The van der Waals surface area contributed by atoms with Gasteiger partial charge in [0.05, 0.1) is 12.7 Å². The van der Waals surface area contributed by atoms with Crippen molar-refractivity contribution in [2.45, 2.75) is 6.10 Å². The van der Waals surface area contributed by atoms with E-state index in [1.165, 1.54) is 6.07 Å². The quantitative estimate of drug-likeness (QED) is 0.676. The van der Waals surface area contributed by atoms with Crippen molar-refractivity contribution in [1.82, 2.24) is 0 Å². The second-order valence-electron chi connectivity index (χ2n) is 2.81. The molecule has 3 N–H and O–H groups in total. The first-order chi connectivity index (χ1) is 6.65. The van der Waals surface area contributed by atoms with Gasteiger partial charge in [0.15, 0.2) is 0 Å². The highest BCUT2D eigenvalue weighted by Crippen LogP contribution is 2.17. The average molecular weight is 203 g/mol. The van der Waals surface area contributed by atoms with Gasteiger partial charge in [-0.1, -0.05) is 6.07 Å². The van der Waals surface area contributed by atoms with Crippen molar-refractivity contribution >= 4 is 5.69 Å². The number of benzene rings is 1. The summed E-state index contributed by atoms with van der Waals surface area (Å²) >= 11 is 0. The molecule has 1 unspecified atom stereocenters. The predicted octanol–water partition coefficient (Wildman–Crippen LogP) is 0.730. The van der Waals surface area contributed by atoms with Crippen LogP contribution < -0.4 is 5.32 Å². The molecule has 0 radical (unpaired) electrons. The van der Waals surface area contributed by atoms with Gasteiger partial charge in [0, 0.05) is 6.54 Å². The number of nitrogens with one attached hydrogen (secondary N) is 1. The van der Waals surface area contributed by atoms with Gasteiger partial charge >= 0.3 is 0 Å². The van der Waals surface area contributed by atoms with Gasteiger partial charge in [-0.05, 0) is 12.1 Å². The molecule has 0 heterocycles. The van der Waals surface area contributed by atoms with E-state index >= 15 is 0 Å². The van der Waals surface area contributed by atoms with Crippen LogP contribution >= 0.6 is 0 Å². The van der Waals surface area contributed by atoms with Crippen molar-refractivity contribution in [1.29, 1.82) is 0 Å². The minimum atomic E-state index is -1.03. The molecule has 1 atom stereocenters. The Morgan fingerprint density at radius 2 is 1.86 bits per heavy atom. The maximum absolute atomic E-state index is 13.0. The molecule has 78 valence electrons. The first-order valence-corrected chi connectivity index (χ1v) is 4.12. The zero-order valence-electron chi connectivity index (χ0n) is 7.37. The third-order valence-electron chi connectivity index (χ3n) is 1.69. The van der Waals surface area contributed by atoms with Gasteiger partial charge in [-0.2, -0.15) is 0 Å². The van der Waals surface area contributed by atoms with Crippen molar-refractivity contribution in [3.05, 3.63) is 29.8 Å². The van der Waals surface area contributed by atoms with Gasteiger partial charge in [0.1, 0.15) is 17.3 Å². The first kappa shape index (κ1) is 10.9. The van der Waals surface area contributed by atoms with E-state index in [0.717, 1.165) is 12.1 Å². The van der Waals surface area contributed by atoms with Crippen LogP contribution in [0.3, 0.4) is 0 Å². The molecule has 5 heteroatoms. The molecular weight excluding hydrogens is 192 g/mol. The van der Waals surface area contributed by atoms with Crippen LogP contribution in [0.2, 0.25) is 0 Å². The van der Waals surface area contributed by atoms with Gasteiger partial charge in [0.2, 0.25) is 0 Å². The normalized spacial score (nSPS) is 12.6. The summed E-state index contributed by atoms with van der Waals surface area (Å²) in [5.74, 6) is -1.45. The second kappa shape index (κ2) is 4.88. The molecule has 0 amide bonds. The Labute approximate surface area is 80.0 Å². The van der Waals surface area contributed by atoms with Crippen molar-refractivity contribution in [3.63, 3.8) is 0 Å². The first-order valence-electron chi connectivity index (χ1n) is 4.12. The molecule has 0 saturated carbocycles. The number of hydrogen-bond donors (Lipinski definition) is 3. The summed E-state index contributed by atoms with van der Waals surface area (Å²) in [6.07, 6.45) is -1.03. The third-order valence-corrected chi connectivity index (χ3v) is 1.69. The number of para-hydroxylation sites is 1.